The van der Waals surface area contributed by atoms with Crippen molar-refractivity contribution in [3.8, 4) is 0 Å². The molecule has 0 aliphatic carbocycles. The standard InChI is InChI=1S/C14H17N/c1-3-11-6-5-7-13(8-11)14-9-12(4-2)10-15-14/h5-9H,3-4,10H2,1-2H3. The minimum absolute atomic E-state index is 0.891. The minimum atomic E-state index is 0.891. The highest BCUT2D eigenvalue weighted by Gasteiger charge is 2.08. The second kappa shape index (κ2) is 4.43. The van der Waals surface area contributed by atoms with Crippen LogP contribution in [0.4, 0.5) is 0 Å². The van der Waals surface area contributed by atoms with Gasteiger partial charge in [-0.25, -0.2) is 0 Å². The van der Waals surface area contributed by atoms with Gasteiger partial charge in [0.1, 0.15) is 0 Å². The molecule has 1 heteroatoms. The zero-order valence-electron chi connectivity index (χ0n) is 9.46. The normalized spacial score (nSPS) is 15.1. The molecule has 1 aromatic carbocycles. The van der Waals surface area contributed by atoms with E-state index in [0.717, 1.165) is 25.1 Å². The molecular formula is C14H17N. The van der Waals surface area contributed by atoms with Crippen molar-refractivity contribution in [2.75, 3.05) is 6.54 Å². The van der Waals surface area contributed by atoms with Gasteiger partial charge in [-0.15, -0.1) is 0 Å². The Kier molecular flexibility index (Phi) is 3.00. The molecule has 1 aliphatic heterocycles. The van der Waals surface area contributed by atoms with Crippen molar-refractivity contribution in [2.45, 2.75) is 26.7 Å². The molecule has 0 fully saturated rings. The van der Waals surface area contributed by atoms with Gasteiger partial charge in [-0.1, -0.05) is 32.0 Å². The Morgan fingerprint density at radius 2 is 2.07 bits per heavy atom. The van der Waals surface area contributed by atoms with Crippen LogP contribution < -0.4 is 0 Å². The molecule has 0 amide bonds. The van der Waals surface area contributed by atoms with Crippen LogP contribution in [0.15, 0.2) is 40.9 Å². The predicted molar refractivity (Wildman–Crippen MR) is 65.6 cm³/mol. The number of nitrogens with zero attached hydrogens (tertiary/aromatic N) is 1. The number of aryl methyl sites for hydroxylation is 1. The molecule has 0 N–H and O–H groups in total. The van der Waals surface area contributed by atoms with E-state index in [-0.39, 0.29) is 0 Å². The summed E-state index contributed by atoms with van der Waals surface area (Å²) in [6.07, 6.45) is 4.43. The summed E-state index contributed by atoms with van der Waals surface area (Å²) < 4.78 is 0. The van der Waals surface area contributed by atoms with Crippen molar-refractivity contribution in [1.29, 1.82) is 0 Å². The maximum atomic E-state index is 4.56. The highest BCUT2D eigenvalue weighted by molar-refractivity contribution is 6.10. The van der Waals surface area contributed by atoms with Crippen molar-refractivity contribution in [3.63, 3.8) is 0 Å². The van der Waals surface area contributed by atoms with E-state index in [2.05, 4.69) is 49.2 Å². The molecule has 0 spiro atoms. The van der Waals surface area contributed by atoms with Crippen molar-refractivity contribution in [3.05, 3.63) is 47.0 Å². The molecule has 0 unspecified atom stereocenters. The van der Waals surface area contributed by atoms with Crippen LogP contribution in [0.5, 0.6) is 0 Å². The van der Waals surface area contributed by atoms with E-state index in [1.807, 2.05) is 0 Å². The van der Waals surface area contributed by atoms with E-state index in [1.165, 1.54) is 16.7 Å². The molecule has 0 radical (unpaired) electrons. The van der Waals surface area contributed by atoms with E-state index >= 15 is 0 Å². The van der Waals surface area contributed by atoms with E-state index in [9.17, 15) is 0 Å². The number of benzene rings is 1. The van der Waals surface area contributed by atoms with Gasteiger partial charge in [-0.2, -0.15) is 0 Å². The molecule has 78 valence electrons. The Hall–Kier alpha value is -1.37. The first kappa shape index (κ1) is 10.2. The molecule has 0 atom stereocenters. The van der Waals surface area contributed by atoms with E-state index in [0.29, 0.717) is 0 Å². The summed E-state index contributed by atoms with van der Waals surface area (Å²) in [7, 11) is 0. The molecule has 1 aromatic rings. The van der Waals surface area contributed by atoms with E-state index in [1.54, 1.807) is 0 Å². The first-order valence-electron chi connectivity index (χ1n) is 5.66. The molecule has 0 saturated heterocycles. The fourth-order valence-electron chi connectivity index (χ4n) is 1.81. The average Bonchev–Trinajstić information content (AvgIpc) is 2.78. The van der Waals surface area contributed by atoms with Crippen molar-refractivity contribution in [1.82, 2.24) is 0 Å². The van der Waals surface area contributed by atoms with Crippen LogP contribution >= 0.6 is 0 Å². The zero-order valence-corrected chi connectivity index (χ0v) is 9.46. The summed E-state index contributed by atoms with van der Waals surface area (Å²) in [6, 6.07) is 8.68. The van der Waals surface area contributed by atoms with Crippen LogP contribution in [-0.4, -0.2) is 12.3 Å². The zero-order chi connectivity index (χ0) is 10.7. The lowest BCUT2D eigenvalue weighted by Crippen LogP contribution is -1.95. The highest BCUT2D eigenvalue weighted by atomic mass is 14.8. The van der Waals surface area contributed by atoms with Crippen molar-refractivity contribution >= 4 is 5.71 Å². The van der Waals surface area contributed by atoms with Gasteiger partial charge in [0.25, 0.3) is 0 Å². The summed E-state index contributed by atoms with van der Waals surface area (Å²) in [5, 5.41) is 0. The average molecular weight is 199 g/mol. The van der Waals surface area contributed by atoms with Gasteiger partial charge >= 0.3 is 0 Å². The maximum Gasteiger partial charge on any atom is 0.0650 e. The van der Waals surface area contributed by atoms with Gasteiger partial charge < -0.3 is 0 Å². The molecular weight excluding hydrogens is 182 g/mol. The molecule has 1 heterocycles. The monoisotopic (exact) mass is 199 g/mol. The third kappa shape index (κ3) is 2.17. The van der Waals surface area contributed by atoms with Crippen molar-refractivity contribution in [2.24, 2.45) is 4.99 Å². The van der Waals surface area contributed by atoms with Crippen LogP contribution in [-0.2, 0) is 6.42 Å². The lowest BCUT2D eigenvalue weighted by molar-refractivity contribution is 1.03. The minimum Gasteiger partial charge on any atom is -0.280 e. The number of hydrogen-bond acceptors (Lipinski definition) is 1. The number of aliphatic imine (C=N–C) groups is 1. The fourth-order valence-corrected chi connectivity index (χ4v) is 1.81. The van der Waals surface area contributed by atoms with Crippen LogP contribution in [0, 0.1) is 0 Å². The molecule has 15 heavy (non-hydrogen) atoms. The first-order valence-corrected chi connectivity index (χ1v) is 5.66. The fraction of sp³-hybridized carbons (Fsp3) is 0.357. The molecule has 0 saturated carbocycles. The summed E-state index contributed by atoms with van der Waals surface area (Å²) in [4.78, 5) is 4.56. The Morgan fingerprint density at radius 3 is 2.73 bits per heavy atom. The second-order valence-corrected chi connectivity index (χ2v) is 3.91. The Labute approximate surface area is 91.6 Å². The van der Waals surface area contributed by atoms with E-state index < -0.39 is 0 Å². The number of hydrogen-bond donors (Lipinski definition) is 0. The molecule has 0 aromatic heterocycles. The molecule has 1 nitrogen and oxygen atoms in total. The third-order valence-electron chi connectivity index (χ3n) is 2.88. The van der Waals surface area contributed by atoms with Crippen LogP contribution in [0.1, 0.15) is 31.4 Å². The SMILES string of the molecule is CCC1=CC(c2cccc(CC)c2)=NC1. The topological polar surface area (TPSA) is 12.4 Å². The predicted octanol–water partition coefficient (Wildman–Crippen LogP) is 3.39. The van der Waals surface area contributed by atoms with Gasteiger partial charge in [-0.05, 0) is 41.7 Å². The molecule has 2 rings (SSSR count). The second-order valence-electron chi connectivity index (χ2n) is 3.91. The summed E-state index contributed by atoms with van der Waals surface area (Å²) >= 11 is 0. The van der Waals surface area contributed by atoms with Gasteiger partial charge in [0.2, 0.25) is 0 Å². The molecule has 1 aliphatic rings. The Balaban J connectivity index is 2.27. The Morgan fingerprint density at radius 1 is 1.20 bits per heavy atom. The van der Waals surface area contributed by atoms with Crippen LogP contribution in [0.2, 0.25) is 0 Å². The van der Waals surface area contributed by atoms with Crippen molar-refractivity contribution < 1.29 is 0 Å². The van der Waals surface area contributed by atoms with Crippen LogP contribution in [0.3, 0.4) is 0 Å². The Bertz CT molecular complexity index is 413. The summed E-state index contributed by atoms with van der Waals surface area (Å²) in [5.74, 6) is 0. The highest BCUT2D eigenvalue weighted by Crippen LogP contribution is 2.15. The van der Waals surface area contributed by atoms with Gasteiger partial charge in [0.05, 0.1) is 12.3 Å². The van der Waals surface area contributed by atoms with Crippen LogP contribution in [0.25, 0.3) is 0 Å². The largest absolute Gasteiger partial charge is 0.280 e. The van der Waals surface area contributed by atoms with Gasteiger partial charge in [0, 0.05) is 0 Å². The molecule has 0 bridgehead atoms. The van der Waals surface area contributed by atoms with Gasteiger partial charge in [0.15, 0.2) is 0 Å². The lowest BCUT2D eigenvalue weighted by Gasteiger charge is -2.01. The maximum absolute atomic E-state index is 4.56. The quantitative estimate of drug-likeness (QED) is 0.707. The third-order valence-corrected chi connectivity index (χ3v) is 2.88. The first-order chi connectivity index (χ1) is 7.33. The van der Waals surface area contributed by atoms with Gasteiger partial charge in [-0.3, -0.25) is 4.99 Å². The number of rotatable bonds is 3. The lowest BCUT2D eigenvalue weighted by atomic mass is 10.0. The summed E-state index contributed by atoms with van der Waals surface area (Å²) in [6.45, 7) is 5.26. The summed E-state index contributed by atoms with van der Waals surface area (Å²) in [5.41, 5.74) is 5.24. The van der Waals surface area contributed by atoms with E-state index in [4.69, 9.17) is 0 Å². The number of allylic oxidation sites excluding steroid dienone is 1. The smallest absolute Gasteiger partial charge is 0.0650 e.